The zero-order chi connectivity index (χ0) is 11.5. The van der Waals surface area contributed by atoms with E-state index in [0.29, 0.717) is 31.0 Å². The van der Waals surface area contributed by atoms with Gasteiger partial charge in [0, 0.05) is 12.8 Å². The van der Waals surface area contributed by atoms with Crippen molar-refractivity contribution in [3.8, 4) is 0 Å². The lowest BCUT2D eigenvalue weighted by atomic mass is 9.84. The zero-order valence-corrected chi connectivity index (χ0v) is 9.12. The normalized spacial score (nSPS) is 27.5. The highest BCUT2D eigenvalue weighted by molar-refractivity contribution is 5.94. The number of Topliss-reactive ketones (excluding diaryl/α,β-unsaturated/α-hetero) is 1. The first-order valence-corrected chi connectivity index (χ1v) is 5.74. The first-order valence-electron chi connectivity index (χ1n) is 5.74. The number of ketones is 1. The number of carbonyl (C=O) groups is 3. The number of nitrogens with one attached hydrogen (secondary N) is 2. The van der Waals surface area contributed by atoms with E-state index in [9.17, 15) is 14.4 Å². The Morgan fingerprint density at radius 3 is 2.50 bits per heavy atom. The van der Waals surface area contributed by atoms with Crippen LogP contribution in [0.2, 0.25) is 0 Å². The predicted octanol–water partition coefficient (Wildman–Crippen LogP) is -0.250. The lowest BCUT2D eigenvalue weighted by molar-refractivity contribution is -0.134. The molecule has 1 saturated carbocycles. The van der Waals surface area contributed by atoms with Crippen molar-refractivity contribution in [1.29, 1.82) is 0 Å². The Morgan fingerprint density at radius 1 is 1.12 bits per heavy atom. The van der Waals surface area contributed by atoms with Gasteiger partial charge in [-0.15, -0.1) is 0 Å². The van der Waals surface area contributed by atoms with E-state index in [1.165, 1.54) is 0 Å². The predicted molar refractivity (Wildman–Crippen MR) is 56.5 cm³/mol. The van der Waals surface area contributed by atoms with Gasteiger partial charge in [0.05, 0.1) is 6.54 Å². The summed E-state index contributed by atoms with van der Waals surface area (Å²) in [5.74, 6) is 0.466. The lowest BCUT2D eigenvalue weighted by Crippen LogP contribution is -2.56. The molecule has 16 heavy (non-hydrogen) atoms. The van der Waals surface area contributed by atoms with Gasteiger partial charge in [-0.3, -0.25) is 14.4 Å². The van der Waals surface area contributed by atoms with Gasteiger partial charge < -0.3 is 10.6 Å². The summed E-state index contributed by atoms with van der Waals surface area (Å²) in [4.78, 5) is 33.7. The largest absolute Gasteiger partial charge is 0.345 e. The Hall–Kier alpha value is -1.39. The highest BCUT2D eigenvalue weighted by Gasteiger charge is 2.29. The van der Waals surface area contributed by atoms with Crippen LogP contribution >= 0.6 is 0 Å². The molecule has 5 heteroatoms. The molecule has 1 aliphatic heterocycles. The van der Waals surface area contributed by atoms with Crippen LogP contribution in [-0.2, 0) is 14.4 Å². The average Bonchev–Trinajstić information content (AvgIpc) is 2.27. The second-order valence-electron chi connectivity index (χ2n) is 4.56. The van der Waals surface area contributed by atoms with Crippen LogP contribution < -0.4 is 10.6 Å². The molecule has 0 unspecified atom stereocenters. The van der Waals surface area contributed by atoms with Crippen molar-refractivity contribution in [1.82, 2.24) is 10.6 Å². The Bertz CT molecular complexity index is 317. The summed E-state index contributed by atoms with van der Waals surface area (Å²) in [6.45, 7) is 0.0818. The van der Waals surface area contributed by atoms with Gasteiger partial charge in [0.15, 0.2) is 0 Å². The summed E-state index contributed by atoms with van der Waals surface area (Å²) in [5.41, 5.74) is 0. The van der Waals surface area contributed by atoms with Crippen LogP contribution in [0.25, 0.3) is 0 Å². The number of amides is 2. The maximum atomic E-state index is 11.5. The smallest absolute Gasteiger partial charge is 0.243 e. The monoisotopic (exact) mass is 224 g/mol. The van der Waals surface area contributed by atoms with Gasteiger partial charge >= 0.3 is 0 Å². The molecule has 0 aromatic rings. The van der Waals surface area contributed by atoms with Gasteiger partial charge in [0.25, 0.3) is 0 Å². The molecule has 5 nitrogen and oxygen atoms in total. The molecule has 0 aromatic heterocycles. The number of hydrogen-bond acceptors (Lipinski definition) is 3. The summed E-state index contributed by atoms with van der Waals surface area (Å²) in [7, 11) is 0. The van der Waals surface area contributed by atoms with Gasteiger partial charge in [-0.1, -0.05) is 0 Å². The third-order valence-corrected chi connectivity index (χ3v) is 3.31. The van der Waals surface area contributed by atoms with Crippen molar-refractivity contribution >= 4 is 17.6 Å². The lowest BCUT2D eigenvalue weighted by Gasteiger charge is -2.28. The van der Waals surface area contributed by atoms with E-state index in [2.05, 4.69) is 10.6 Å². The molecule has 0 spiro atoms. The molecule has 2 N–H and O–H groups in total. The van der Waals surface area contributed by atoms with Crippen molar-refractivity contribution in [3.05, 3.63) is 0 Å². The fraction of sp³-hybridized carbons (Fsp3) is 0.727. The van der Waals surface area contributed by atoms with Crippen molar-refractivity contribution in [2.75, 3.05) is 6.54 Å². The van der Waals surface area contributed by atoms with E-state index < -0.39 is 6.04 Å². The Morgan fingerprint density at radius 2 is 1.81 bits per heavy atom. The fourth-order valence-corrected chi connectivity index (χ4v) is 2.34. The number of hydrogen-bond donors (Lipinski definition) is 2. The number of piperazine rings is 1. The molecule has 1 aliphatic carbocycles. The van der Waals surface area contributed by atoms with Crippen LogP contribution in [-0.4, -0.2) is 30.2 Å². The molecule has 2 fully saturated rings. The molecule has 0 aromatic carbocycles. The van der Waals surface area contributed by atoms with Crippen LogP contribution in [0, 0.1) is 5.92 Å². The first-order chi connectivity index (χ1) is 7.65. The summed E-state index contributed by atoms with van der Waals surface area (Å²) in [5, 5.41) is 5.25. The second kappa shape index (κ2) is 4.63. The fourth-order valence-electron chi connectivity index (χ4n) is 2.34. The van der Waals surface area contributed by atoms with Gasteiger partial charge in [-0.05, 0) is 25.2 Å². The van der Waals surface area contributed by atoms with E-state index >= 15 is 0 Å². The van der Waals surface area contributed by atoms with Crippen LogP contribution in [0.5, 0.6) is 0 Å². The van der Waals surface area contributed by atoms with E-state index in [0.717, 1.165) is 12.8 Å². The van der Waals surface area contributed by atoms with Crippen molar-refractivity contribution in [2.24, 2.45) is 5.92 Å². The third-order valence-electron chi connectivity index (χ3n) is 3.31. The molecule has 1 atom stereocenters. The van der Waals surface area contributed by atoms with Crippen LogP contribution in [0.1, 0.15) is 32.1 Å². The van der Waals surface area contributed by atoms with Gasteiger partial charge in [0.1, 0.15) is 11.8 Å². The Kier molecular flexibility index (Phi) is 3.22. The minimum absolute atomic E-state index is 0.0818. The molecular formula is C11H16N2O3. The standard InChI is InChI=1S/C11H16N2O3/c14-8-3-1-7(2-4-8)5-9-11(16)12-6-10(15)13-9/h7,9H,1-6H2,(H,12,16)(H,13,15)/t9-/m0/s1. The van der Waals surface area contributed by atoms with E-state index in [4.69, 9.17) is 0 Å². The average molecular weight is 224 g/mol. The molecule has 1 saturated heterocycles. The Labute approximate surface area is 94.0 Å². The summed E-state index contributed by atoms with van der Waals surface area (Å²) < 4.78 is 0. The van der Waals surface area contributed by atoms with Crippen LogP contribution in [0.4, 0.5) is 0 Å². The van der Waals surface area contributed by atoms with E-state index in [1.54, 1.807) is 0 Å². The van der Waals surface area contributed by atoms with Crippen molar-refractivity contribution in [3.63, 3.8) is 0 Å². The van der Waals surface area contributed by atoms with Gasteiger partial charge in [-0.25, -0.2) is 0 Å². The van der Waals surface area contributed by atoms with Crippen molar-refractivity contribution < 1.29 is 14.4 Å². The first kappa shape index (κ1) is 11.1. The van der Waals surface area contributed by atoms with E-state index in [1.807, 2.05) is 0 Å². The van der Waals surface area contributed by atoms with Crippen LogP contribution in [0.15, 0.2) is 0 Å². The van der Waals surface area contributed by atoms with Crippen molar-refractivity contribution in [2.45, 2.75) is 38.1 Å². The highest BCUT2D eigenvalue weighted by atomic mass is 16.2. The minimum atomic E-state index is -0.403. The molecule has 2 rings (SSSR count). The topological polar surface area (TPSA) is 75.3 Å². The van der Waals surface area contributed by atoms with Crippen LogP contribution in [0.3, 0.4) is 0 Å². The Balaban J connectivity index is 1.86. The third kappa shape index (κ3) is 2.59. The molecule has 2 aliphatic rings. The maximum Gasteiger partial charge on any atom is 0.243 e. The summed E-state index contributed by atoms with van der Waals surface area (Å²) in [6, 6.07) is -0.403. The van der Waals surface area contributed by atoms with E-state index in [-0.39, 0.29) is 18.4 Å². The zero-order valence-electron chi connectivity index (χ0n) is 9.12. The summed E-state index contributed by atoms with van der Waals surface area (Å²) >= 11 is 0. The summed E-state index contributed by atoms with van der Waals surface area (Å²) in [6.07, 6.45) is 3.59. The number of rotatable bonds is 2. The highest BCUT2D eigenvalue weighted by Crippen LogP contribution is 2.25. The minimum Gasteiger partial charge on any atom is -0.345 e. The van der Waals surface area contributed by atoms with Gasteiger partial charge in [-0.2, -0.15) is 0 Å². The quantitative estimate of drug-likeness (QED) is 0.679. The number of carbonyl (C=O) groups excluding carboxylic acids is 3. The molecule has 0 bridgehead atoms. The van der Waals surface area contributed by atoms with Gasteiger partial charge in [0.2, 0.25) is 11.8 Å². The molecule has 2 amide bonds. The molecule has 88 valence electrons. The molecule has 1 heterocycles. The maximum absolute atomic E-state index is 11.5. The molecule has 0 radical (unpaired) electrons. The SMILES string of the molecule is O=C1CCC(C[C@@H]2NC(=O)CNC2=O)CC1. The second-order valence-corrected chi connectivity index (χ2v) is 4.56. The molecular weight excluding hydrogens is 208 g/mol.